The van der Waals surface area contributed by atoms with E-state index in [2.05, 4.69) is 6.92 Å². The molecule has 100 valence electrons. The van der Waals surface area contributed by atoms with Gasteiger partial charge < -0.3 is 19.3 Å². The maximum absolute atomic E-state index is 9.61. The summed E-state index contributed by atoms with van der Waals surface area (Å²) in [5.41, 5.74) is 0.999. The first-order valence-corrected chi connectivity index (χ1v) is 6.20. The van der Waals surface area contributed by atoms with Crippen molar-refractivity contribution in [2.24, 2.45) is 5.92 Å². The van der Waals surface area contributed by atoms with Gasteiger partial charge in [0.2, 0.25) is 0 Å². The molecule has 0 amide bonds. The van der Waals surface area contributed by atoms with Gasteiger partial charge in [0.05, 0.1) is 19.3 Å². The van der Waals surface area contributed by atoms with Gasteiger partial charge in [-0.3, -0.25) is 0 Å². The van der Waals surface area contributed by atoms with E-state index in [9.17, 15) is 5.11 Å². The minimum absolute atomic E-state index is 0.0433. The van der Waals surface area contributed by atoms with Crippen LogP contribution in [0.15, 0.2) is 18.2 Å². The van der Waals surface area contributed by atoms with Crippen LogP contribution in [0.1, 0.15) is 32.4 Å². The fraction of sp³-hybridized carbons (Fsp3) is 0.571. The first-order chi connectivity index (χ1) is 8.52. The summed E-state index contributed by atoms with van der Waals surface area (Å²) < 4.78 is 16.6. The van der Waals surface area contributed by atoms with Crippen LogP contribution in [0.5, 0.6) is 11.5 Å². The Morgan fingerprint density at radius 3 is 2.56 bits per heavy atom. The zero-order valence-electron chi connectivity index (χ0n) is 11.2. The molecule has 1 aromatic carbocycles. The van der Waals surface area contributed by atoms with Gasteiger partial charge in [-0.15, -0.1) is 0 Å². The summed E-state index contributed by atoms with van der Waals surface area (Å²) in [5, 5.41) is 9.61. The lowest BCUT2D eigenvalue weighted by atomic mass is 9.92. The first kappa shape index (κ1) is 13.2. The zero-order chi connectivity index (χ0) is 13.3. The number of benzene rings is 1. The molecule has 0 aliphatic carbocycles. The topological polar surface area (TPSA) is 47.9 Å². The SMILES string of the molecule is COc1cc([C@H]2O[C@@H](C)O[C@@H](C)[C@H]2C)ccc1O. The highest BCUT2D eigenvalue weighted by atomic mass is 16.7. The summed E-state index contributed by atoms with van der Waals surface area (Å²) in [6.07, 6.45) is -0.127. The normalized spacial score (nSPS) is 32.2. The molecule has 1 saturated heterocycles. The molecule has 0 unspecified atom stereocenters. The van der Waals surface area contributed by atoms with Crippen LogP contribution in [0.3, 0.4) is 0 Å². The van der Waals surface area contributed by atoms with E-state index in [0.717, 1.165) is 5.56 Å². The molecule has 2 rings (SSSR count). The molecule has 1 aliphatic rings. The molecule has 0 radical (unpaired) electrons. The average Bonchev–Trinajstić information content (AvgIpc) is 2.34. The number of hydrogen-bond acceptors (Lipinski definition) is 4. The van der Waals surface area contributed by atoms with Gasteiger partial charge in [-0.1, -0.05) is 13.0 Å². The van der Waals surface area contributed by atoms with Crippen LogP contribution < -0.4 is 4.74 Å². The van der Waals surface area contributed by atoms with Crippen molar-refractivity contribution in [1.29, 1.82) is 0 Å². The highest BCUT2D eigenvalue weighted by Crippen LogP contribution is 2.38. The number of phenols is 1. The Bertz CT molecular complexity index is 418. The number of rotatable bonds is 2. The quantitative estimate of drug-likeness (QED) is 0.879. The molecule has 0 saturated carbocycles. The molecular formula is C14H20O4. The van der Waals surface area contributed by atoms with Crippen molar-refractivity contribution in [3.05, 3.63) is 23.8 Å². The second kappa shape index (κ2) is 5.16. The minimum atomic E-state index is -0.221. The fourth-order valence-corrected chi connectivity index (χ4v) is 2.29. The summed E-state index contributed by atoms with van der Waals surface area (Å²) in [5.74, 6) is 0.854. The van der Waals surface area contributed by atoms with E-state index in [-0.39, 0.29) is 30.2 Å². The second-order valence-corrected chi connectivity index (χ2v) is 4.76. The number of hydrogen-bond donors (Lipinski definition) is 1. The predicted molar refractivity (Wildman–Crippen MR) is 67.7 cm³/mol. The molecule has 4 nitrogen and oxygen atoms in total. The second-order valence-electron chi connectivity index (χ2n) is 4.76. The Morgan fingerprint density at radius 1 is 1.17 bits per heavy atom. The number of methoxy groups -OCH3 is 1. The van der Waals surface area contributed by atoms with Gasteiger partial charge in [0.1, 0.15) is 0 Å². The van der Waals surface area contributed by atoms with Crippen molar-refractivity contribution in [2.45, 2.75) is 39.3 Å². The van der Waals surface area contributed by atoms with E-state index in [1.165, 1.54) is 0 Å². The van der Waals surface area contributed by atoms with Gasteiger partial charge in [0.25, 0.3) is 0 Å². The van der Waals surface area contributed by atoms with Gasteiger partial charge in [-0.25, -0.2) is 0 Å². The van der Waals surface area contributed by atoms with Crippen molar-refractivity contribution in [3.63, 3.8) is 0 Å². The molecule has 1 heterocycles. The number of ether oxygens (including phenoxy) is 3. The third-order valence-corrected chi connectivity index (χ3v) is 3.49. The Labute approximate surface area is 107 Å². The zero-order valence-corrected chi connectivity index (χ0v) is 11.2. The number of aromatic hydroxyl groups is 1. The highest BCUT2D eigenvalue weighted by Gasteiger charge is 2.33. The summed E-state index contributed by atoms with van der Waals surface area (Å²) in [6.45, 7) is 6.04. The predicted octanol–water partition coefficient (Wildman–Crippen LogP) is 2.86. The van der Waals surface area contributed by atoms with E-state index in [1.54, 1.807) is 13.2 Å². The van der Waals surface area contributed by atoms with Crippen molar-refractivity contribution in [3.8, 4) is 11.5 Å². The highest BCUT2D eigenvalue weighted by molar-refractivity contribution is 5.42. The molecule has 1 fully saturated rings. The third-order valence-electron chi connectivity index (χ3n) is 3.49. The molecule has 4 heteroatoms. The molecule has 0 bridgehead atoms. The van der Waals surface area contributed by atoms with Crippen molar-refractivity contribution >= 4 is 0 Å². The summed E-state index contributed by atoms with van der Waals surface area (Å²) >= 11 is 0. The van der Waals surface area contributed by atoms with Crippen LogP contribution in [0.25, 0.3) is 0 Å². The molecule has 0 aromatic heterocycles. The van der Waals surface area contributed by atoms with Crippen LogP contribution >= 0.6 is 0 Å². The van der Waals surface area contributed by atoms with E-state index < -0.39 is 0 Å². The Balaban J connectivity index is 2.29. The van der Waals surface area contributed by atoms with E-state index in [0.29, 0.717) is 5.75 Å². The smallest absolute Gasteiger partial charge is 0.160 e. The Hall–Kier alpha value is -1.26. The van der Waals surface area contributed by atoms with E-state index in [1.807, 2.05) is 26.0 Å². The monoisotopic (exact) mass is 252 g/mol. The molecule has 1 aliphatic heterocycles. The van der Waals surface area contributed by atoms with Crippen LogP contribution in [0.2, 0.25) is 0 Å². The lowest BCUT2D eigenvalue weighted by Crippen LogP contribution is -2.37. The lowest BCUT2D eigenvalue weighted by Gasteiger charge is -2.38. The molecule has 4 atom stereocenters. The molecule has 0 spiro atoms. The Morgan fingerprint density at radius 2 is 1.89 bits per heavy atom. The summed E-state index contributed by atoms with van der Waals surface area (Å²) in [4.78, 5) is 0. The van der Waals surface area contributed by atoms with Crippen LogP contribution in [-0.2, 0) is 9.47 Å². The Kier molecular flexibility index (Phi) is 3.78. The molecule has 1 N–H and O–H groups in total. The van der Waals surface area contributed by atoms with Crippen molar-refractivity contribution in [2.75, 3.05) is 7.11 Å². The first-order valence-electron chi connectivity index (χ1n) is 6.20. The third kappa shape index (κ3) is 2.44. The summed E-state index contributed by atoms with van der Waals surface area (Å²) in [7, 11) is 1.54. The standard InChI is InChI=1S/C14H20O4/c1-8-9(2)17-10(3)18-14(8)11-5-6-12(15)13(7-11)16-4/h5-10,14-15H,1-4H3/t8-,9+,10+,14+/m1/s1. The molecule has 1 aromatic rings. The average molecular weight is 252 g/mol. The maximum atomic E-state index is 9.61. The van der Waals surface area contributed by atoms with Crippen molar-refractivity contribution in [1.82, 2.24) is 0 Å². The van der Waals surface area contributed by atoms with E-state index in [4.69, 9.17) is 14.2 Å². The van der Waals surface area contributed by atoms with Gasteiger partial charge in [-0.05, 0) is 31.5 Å². The molecular weight excluding hydrogens is 232 g/mol. The van der Waals surface area contributed by atoms with Crippen molar-refractivity contribution < 1.29 is 19.3 Å². The fourth-order valence-electron chi connectivity index (χ4n) is 2.29. The van der Waals surface area contributed by atoms with Gasteiger partial charge in [0.15, 0.2) is 17.8 Å². The van der Waals surface area contributed by atoms with Crippen LogP contribution in [-0.4, -0.2) is 24.6 Å². The minimum Gasteiger partial charge on any atom is -0.504 e. The van der Waals surface area contributed by atoms with Gasteiger partial charge in [-0.2, -0.15) is 0 Å². The van der Waals surface area contributed by atoms with Gasteiger partial charge in [0, 0.05) is 5.92 Å². The lowest BCUT2D eigenvalue weighted by molar-refractivity contribution is -0.256. The maximum Gasteiger partial charge on any atom is 0.160 e. The van der Waals surface area contributed by atoms with Gasteiger partial charge >= 0.3 is 0 Å². The molecule has 18 heavy (non-hydrogen) atoms. The summed E-state index contributed by atoms with van der Waals surface area (Å²) in [6, 6.07) is 5.32. The van der Waals surface area contributed by atoms with E-state index >= 15 is 0 Å². The number of phenolic OH excluding ortho intramolecular Hbond substituents is 1. The largest absolute Gasteiger partial charge is 0.504 e. The van der Waals surface area contributed by atoms with Crippen LogP contribution in [0.4, 0.5) is 0 Å². The van der Waals surface area contributed by atoms with Crippen LogP contribution in [0, 0.1) is 5.92 Å².